The van der Waals surface area contributed by atoms with E-state index in [1.807, 2.05) is 0 Å². The van der Waals surface area contributed by atoms with Crippen LogP contribution in [0.25, 0.3) is 0 Å². The summed E-state index contributed by atoms with van der Waals surface area (Å²) in [7, 11) is 1.32. The smallest absolute Gasteiger partial charge is 0.335 e. The summed E-state index contributed by atoms with van der Waals surface area (Å²) in [5.41, 5.74) is 0. The van der Waals surface area contributed by atoms with Gasteiger partial charge in [-0.1, -0.05) is 6.07 Å². The van der Waals surface area contributed by atoms with Gasteiger partial charge in [0.05, 0.1) is 7.11 Å². The molecule has 1 saturated heterocycles. The Morgan fingerprint density at radius 1 is 1.18 bits per heavy atom. The second-order valence-corrected chi connectivity index (χ2v) is 4.66. The molecule has 5 atom stereocenters. The van der Waals surface area contributed by atoms with Crippen LogP contribution in [0.15, 0.2) is 18.2 Å². The van der Waals surface area contributed by atoms with Crippen molar-refractivity contribution in [1.29, 1.82) is 0 Å². The number of methoxy groups -OCH3 is 1. The van der Waals surface area contributed by atoms with Gasteiger partial charge in [-0.3, -0.25) is 0 Å². The fourth-order valence-corrected chi connectivity index (χ4v) is 2.05. The maximum absolute atomic E-state index is 11.0. The number of aliphatic hydroxyl groups excluding tert-OH is 3. The van der Waals surface area contributed by atoms with Crippen molar-refractivity contribution < 1.29 is 44.5 Å². The van der Waals surface area contributed by atoms with Gasteiger partial charge in [0.2, 0.25) is 12.0 Å². The number of phenols is 1. The number of benzene rings is 1. The fraction of sp³-hybridized carbons (Fsp3) is 0.462. The molecule has 1 aromatic rings. The van der Waals surface area contributed by atoms with E-state index in [4.69, 9.17) is 19.3 Å². The lowest BCUT2D eigenvalue weighted by atomic mass is 9.99. The van der Waals surface area contributed by atoms with Crippen molar-refractivity contribution in [3.63, 3.8) is 0 Å². The average molecular weight is 316 g/mol. The highest BCUT2D eigenvalue weighted by Crippen LogP contribution is 2.38. The largest absolute Gasteiger partial charge is 0.504 e. The molecular formula is C13H16O9. The third-order valence-electron chi connectivity index (χ3n) is 3.23. The number of hydrogen-bond acceptors (Lipinski definition) is 8. The van der Waals surface area contributed by atoms with Gasteiger partial charge in [-0.2, -0.15) is 0 Å². The predicted octanol–water partition coefficient (Wildman–Crippen LogP) is -1.33. The van der Waals surface area contributed by atoms with Crippen LogP contribution < -0.4 is 9.47 Å². The zero-order chi connectivity index (χ0) is 16.4. The molecule has 0 bridgehead atoms. The Morgan fingerprint density at radius 2 is 1.86 bits per heavy atom. The lowest BCUT2D eigenvalue weighted by Crippen LogP contribution is -2.61. The summed E-state index contributed by atoms with van der Waals surface area (Å²) in [4.78, 5) is 11.0. The van der Waals surface area contributed by atoms with E-state index in [1.165, 1.54) is 25.3 Å². The molecular weight excluding hydrogens is 300 g/mol. The summed E-state index contributed by atoms with van der Waals surface area (Å²) in [5.74, 6) is -1.94. The maximum atomic E-state index is 11.0. The van der Waals surface area contributed by atoms with E-state index in [0.29, 0.717) is 0 Å². The molecule has 122 valence electrons. The molecule has 1 aromatic carbocycles. The number of para-hydroxylation sites is 1. The maximum Gasteiger partial charge on any atom is 0.335 e. The lowest BCUT2D eigenvalue weighted by molar-refractivity contribution is -0.271. The van der Waals surface area contributed by atoms with Crippen LogP contribution in [0.2, 0.25) is 0 Å². The molecule has 5 N–H and O–H groups in total. The van der Waals surface area contributed by atoms with Gasteiger partial charge in [-0.15, -0.1) is 0 Å². The minimum Gasteiger partial charge on any atom is -0.504 e. The number of aromatic hydroxyl groups is 1. The monoisotopic (exact) mass is 316 g/mol. The number of phenolic OH excluding ortho intramolecular Hbond substituents is 1. The standard InChI is InChI=1S/C13H16O9/c1-20-6-4-2-3-5(14)10(6)21-13-9(17)7(15)8(16)11(22-13)12(18)19/h2-4,7-9,11,13-17H,1H3,(H,18,19). The van der Waals surface area contributed by atoms with Gasteiger partial charge in [-0.05, 0) is 12.1 Å². The molecule has 1 aliphatic heterocycles. The van der Waals surface area contributed by atoms with E-state index in [9.17, 15) is 25.2 Å². The number of rotatable bonds is 4. The Kier molecular flexibility index (Phi) is 4.71. The molecule has 0 spiro atoms. The minimum absolute atomic E-state index is 0.114. The number of carboxylic acids is 1. The molecule has 0 aromatic heterocycles. The van der Waals surface area contributed by atoms with E-state index in [1.54, 1.807) is 0 Å². The number of aliphatic hydroxyl groups is 3. The topological polar surface area (TPSA) is 146 Å². The van der Waals surface area contributed by atoms with Crippen LogP contribution in [0.3, 0.4) is 0 Å². The Bertz CT molecular complexity index is 546. The molecule has 0 aliphatic carbocycles. The van der Waals surface area contributed by atoms with E-state index in [2.05, 4.69) is 0 Å². The van der Waals surface area contributed by atoms with Crippen LogP contribution >= 0.6 is 0 Å². The van der Waals surface area contributed by atoms with Gasteiger partial charge in [-0.25, -0.2) is 4.79 Å². The van der Waals surface area contributed by atoms with Crippen molar-refractivity contribution in [2.75, 3.05) is 7.11 Å². The zero-order valence-electron chi connectivity index (χ0n) is 11.5. The summed E-state index contributed by atoms with van der Waals surface area (Å²) in [6, 6.07) is 4.23. The third-order valence-corrected chi connectivity index (χ3v) is 3.23. The van der Waals surface area contributed by atoms with Gasteiger partial charge >= 0.3 is 5.97 Å². The van der Waals surface area contributed by atoms with Crippen LogP contribution in [-0.2, 0) is 9.53 Å². The quantitative estimate of drug-likeness (QED) is 0.456. The number of ether oxygens (including phenoxy) is 3. The van der Waals surface area contributed by atoms with Gasteiger partial charge in [0.25, 0.3) is 0 Å². The highest BCUT2D eigenvalue weighted by atomic mass is 16.7. The first-order valence-electron chi connectivity index (χ1n) is 6.32. The first-order chi connectivity index (χ1) is 10.4. The molecule has 0 radical (unpaired) electrons. The van der Waals surface area contributed by atoms with E-state index >= 15 is 0 Å². The number of carboxylic acid groups (broad SMARTS) is 1. The first kappa shape index (κ1) is 16.3. The molecule has 9 nitrogen and oxygen atoms in total. The zero-order valence-corrected chi connectivity index (χ0v) is 11.5. The lowest BCUT2D eigenvalue weighted by Gasteiger charge is -2.38. The molecule has 0 saturated carbocycles. The molecule has 1 fully saturated rings. The summed E-state index contributed by atoms with van der Waals surface area (Å²) in [5, 5.41) is 47.8. The Morgan fingerprint density at radius 3 is 2.45 bits per heavy atom. The second kappa shape index (κ2) is 6.36. The normalized spacial score (nSPS) is 31.5. The molecule has 1 heterocycles. The van der Waals surface area contributed by atoms with Crippen molar-refractivity contribution >= 4 is 5.97 Å². The molecule has 9 heteroatoms. The van der Waals surface area contributed by atoms with Crippen LogP contribution in [0.5, 0.6) is 17.2 Å². The molecule has 22 heavy (non-hydrogen) atoms. The highest BCUT2D eigenvalue weighted by molar-refractivity contribution is 5.73. The Labute approximate surface area is 124 Å². The minimum atomic E-state index is -1.82. The fourth-order valence-electron chi connectivity index (χ4n) is 2.05. The molecule has 0 amide bonds. The molecule has 1 aliphatic rings. The van der Waals surface area contributed by atoms with E-state index in [-0.39, 0.29) is 17.2 Å². The summed E-state index contributed by atoms with van der Waals surface area (Å²) in [6.07, 6.45) is -8.76. The summed E-state index contributed by atoms with van der Waals surface area (Å²) >= 11 is 0. The van der Waals surface area contributed by atoms with Gasteiger partial charge in [0.1, 0.15) is 18.3 Å². The Hall–Kier alpha value is -2.07. The van der Waals surface area contributed by atoms with Crippen molar-refractivity contribution in [1.82, 2.24) is 0 Å². The van der Waals surface area contributed by atoms with Crippen molar-refractivity contribution in [2.45, 2.75) is 30.7 Å². The number of hydrogen-bond donors (Lipinski definition) is 5. The molecule has 5 unspecified atom stereocenters. The predicted molar refractivity (Wildman–Crippen MR) is 69.6 cm³/mol. The van der Waals surface area contributed by atoms with Crippen molar-refractivity contribution in [3.05, 3.63) is 18.2 Å². The summed E-state index contributed by atoms with van der Waals surface area (Å²) in [6.45, 7) is 0. The summed E-state index contributed by atoms with van der Waals surface area (Å²) < 4.78 is 15.2. The number of aliphatic carboxylic acids is 1. The third kappa shape index (κ3) is 2.92. The van der Waals surface area contributed by atoms with Crippen LogP contribution in [0.1, 0.15) is 0 Å². The van der Waals surface area contributed by atoms with Crippen molar-refractivity contribution in [3.8, 4) is 17.2 Å². The second-order valence-electron chi connectivity index (χ2n) is 4.66. The van der Waals surface area contributed by atoms with Gasteiger partial charge in [0, 0.05) is 0 Å². The van der Waals surface area contributed by atoms with Gasteiger partial charge < -0.3 is 39.7 Å². The van der Waals surface area contributed by atoms with E-state index < -0.39 is 36.7 Å². The van der Waals surface area contributed by atoms with Crippen LogP contribution in [0, 0.1) is 0 Å². The highest BCUT2D eigenvalue weighted by Gasteiger charge is 2.48. The van der Waals surface area contributed by atoms with Gasteiger partial charge in [0.15, 0.2) is 17.6 Å². The van der Waals surface area contributed by atoms with Crippen LogP contribution in [0.4, 0.5) is 0 Å². The van der Waals surface area contributed by atoms with E-state index in [0.717, 1.165) is 0 Å². The SMILES string of the molecule is COc1cccc(O)c1OC1OC(C(=O)O)C(O)C(O)C1O. The average Bonchev–Trinajstić information content (AvgIpc) is 2.48. The van der Waals surface area contributed by atoms with Crippen LogP contribution in [-0.4, -0.2) is 69.3 Å². The Balaban J connectivity index is 2.27. The number of carbonyl (C=O) groups is 1. The molecule has 2 rings (SSSR count). The van der Waals surface area contributed by atoms with Crippen molar-refractivity contribution in [2.24, 2.45) is 0 Å². The first-order valence-corrected chi connectivity index (χ1v) is 6.32.